The molecule has 3 heterocycles. The molecule has 6 heteroatoms. The highest BCUT2D eigenvalue weighted by Crippen LogP contribution is 2.31. The number of benzene rings is 1. The second kappa shape index (κ2) is 5.38. The van der Waals surface area contributed by atoms with Gasteiger partial charge in [-0.2, -0.15) is 10.1 Å². The fraction of sp³-hybridized carbons (Fsp3) is 0.312. The van der Waals surface area contributed by atoms with E-state index >= 15 is 0 Å². The predicted molar refractivity (Wildman–Crippen MR) is 80.2 cm³/mol. The van der Waals surface area contributed by atoms with Gasteiger partial charge in [-0.15, -0.1) is 0 Å². The summed E-state index contributed by atoms with van der Waals surface area (Å²) >= 11 is 0. The number of hydrogen-bond acceptors (Lipinski definition) is 5. The fourth-order valence-electron chi connectivity index (χ4n) is 2.72. The molecule has 1 aliphatic heterocycles. The van der Waals surface area contributed by atoms with Crippen LogP contribution in [-0.2, 0) is 4.74 Å². The van der Waals surface area contributed by atoms with Crippen molar-refractivity contribution in [3.05, 3.63) is 41.9 Å². The van der Waals surface area contributed by atoms with E-state index in [1.807, 2.05) is 12.1 Å². The number of hydrogen-bond donors (Lipinski definition) is 1. The summed E-state index contributed by atoms with van der Waals surface area (Å²) < 4.78 is 10.8. The van der Waals surface area contributed by atoms with Gasteiger partial charge in [-0.25, -0.2) is 0 Å². The van der Waals surface area contributed by atoms with Crippen LogP contribution in [0.5, 0.6) is 0 Å². The van der Waals surface area contributed by atoms with Crippen molar-refractivity contribution in [1.29, 1.82) is 0 Å². The van der Waals surface area contributed by atoms with Gasteiger partial charge in [-0.05, 0) is 19.4 Å². The Hall–Kier alpha value is -2.47. The second-order valence-corrected chi connectivity index (χ2v) is 5.55. The van der Waals surface area contributed by atoms with Crippen LogP contribution in [0.3, 0.4) is 0 Å². The zero-order chi connectivity index (χ0) is 14.9. The van der Waals surface area contributed by atoms with Crippen LogP contribution in [0.4, 0.5) is 0 Å². The van der Waals surface area contributed by atoms with Gasteiger partial charge >= 0.3 is 0 Å². The minimum absolute atomic E-state index is 0.229. The van der Waals surface area contributed by atoms with Crippen LogP contribution < -0.4 is 0 Å². The van der Waals surface area contributed by atoms with Gasteiger partial charge in [-0.3, -0.25) is 5.10 Å². The Labute approximate surface area is 127 Å². The Kier molecular flexibility index (Phi) is 3.23. The molecule has 0 aliphatic carbocycles. The van der Waals surface area contributed by atoms with Crippen LogP contribution >= 0.6 is 0 Å². The van der Waals surface area contributed by atoms with E-state index in [1.54, 1.807) is 6.20 Å². The maximum atomic E-state index is 5.44. The molecule has 0 amide bonds. The molecule has 0 saturated carbocycles. The number of rotatable bonds is 3. The highest BCUT2D eigenvalue weighted by molar-refractivity contribution is 5.76. The largest absolute Gasteiger partial charge is 0.381 e. The van der Waals surface area contributed by atoms with E-state index in [0.717, 1.165) is 29.8 Å². The Balaban J connectivity index is 1.70. The summed E-state index contributed by atoms with van der Waals surface area (Å²) in [4.78, 5) is 4.53. The van der Waals surface area contributed by atoms with Gasteiger partial charge in [0.05, 0.1) is 24.1 Å². The van der Waals surface area contributed by atoms with Crippen molar-refractivity contribution in [2.75, 3.05) is 13.2 Å². The van der Waals surface area contributed by atoms with Crippen molar-refractivity contribution >= 4 is 0 Å². The third kappa shape index (κ3) is 2.31. The normalized spacial score (nSPS) is 18.0. The lowest BCUT2D eigenvalue weighted by atomic mass is 10.1. The molecular formula is C16H16N4O2. The smallest absolute Gasteiger partial charge is 0.261 e. The molecule has 1 fully saturated rings. The monoisotopic (exact) mass is 296 g/mol. The first-order chi connectivity index (χ1) is 10.8. The number of nitrogens with zero attached hydrogens (tertiary/aromatic N) is 3. The summed E-state index contributed by atoms with van der Waals surface area (Å²) in [6.45, 7) is 3.48. The topological polar surface area (TPSA) is 76.8 Å². The van der Waals surface area contributed by atoms with Gasteiger partial charge in [0.25, 0.3) is 5.89 Å². The maximum Gasteiger partial charge on any atom is 0.261 e. The number of aromatic nitrogens is 4. The Morgan fingerprint density at radius 2 is 2.27 bits per heavy atom. The first kappa shape index (κ1) is 13.2. The van der Waals surface area contributed by atoms with E-state index in [4.69, 9.17) is 9.26 Å². The second-order valence-electron chi connectivity index (χ2n) is 5.55. The first-order valence-electron chi connectivity index (χ1n) is 7.33. The first-order valence-corrected chi connectivity index (χ1v) is 7.33. The number of nitrogens with one attached hydrogen (secondary N) is 1. The fourth-order valence-corrected chi connectivity index (χ4v) is 2.72. The van der Waals surface area contributed by atoms with Crippen LogP contribution in [-0.4, -0.2) is 33.6 Å². The van der Waals surface area contributed by atoms with E-state index < -0.39 is 0 Å². The van der Waals surface area contributed by atoms with E-state index in [0.29, 0.717) is 18.3 Å². The molecular weight excluding hydrogens is 280 g/mol. The summed E-state index contributed by atoms with van der Waals surface area (Å²) in [5.74, 6) is 1.43. The zero-order valence-electron chi connectivity index (χ0n) is 12.2. The van der Waals surface area contributed by atoms with Crippen molar-refractivity contribution in [3.8, 4) is 22.7 Å². The molecule has 1 atom stereocenters. The van der Waals surface area contributed by atoms with Crippen molar-refractivity contribution in [2.24, 2.45) is 0 Å². The molecule has 112 valence electrons. The molecule has 1 aromatic carbocycles. The van der Waals surface area contributed by atoms with Gasteiger partial charge in [0, 0.05) is 18.1 Å². The van der Waals surface area contributed by atoms with Gasteiger partial charge in [0.1, 0.15) is 0 Å². The SMILES string of the molecule is Cc1cccc(-c2[nH]ncc2-c2nc(C3CCOC3)no2)c1. The maximum absolute atomic E-state index is 5.44. The average Bonchev–Trinajstić information content (AvgIpc) is 3.27. The molecule has 6 nitrogen and oxygen atoms in total. The third-order valence-electron chi connectivity index (χ3n) is 3.91. The average molecular weight is 296 g/mol. The lowest BCUT2D eigenvalue weighted by Crippen LogP contribution is -1.99. The number of ether oxygens (including phenoxy) is 1. The lowest BCUT2D eigenvalue weighted by molar-refractivity contribution is 0.192. The highest BCUT2D eigenvalue weighted by atomic mass is 16.5. The standard InChI is InChI=1S/C16H16N4O2/c1-10-3-2-4-11(7-10)14-13(8-17-19-14)16-18-15(20-22-16)12-5-6-21-9-12/h2-4,7-8,12H,5-6,9H2,1H3,(H,17,19). The lowest BCUT2D eigenvalue weighted by Gasteiger charge is -2.01. The van der Waals surface area contributed by atoms with E-state index in [-0.39, 0.29) is 5.92 Å². The van der Waals surface area contributed by atoms with Crippen LogP contribution in [0.15, 0.2) is 35.0 Å². The molecule has 2 aromatic heterocycles. The molecule has 0 spiro atoms. The Morgan fingerprint density at radius 1 is 1.32 bits per heavy atom. The summed E-state index contributed by atoms with van der Waals surface area (Å²) in [5, 5.41) is 11.3. The summed E-state index contributed by atoms with van der Waals surface area (Å²) in [6.07, 6.45) is 2.66. The number of aryl methyl sites for hydroxylation is 1. The van der Waals surface area contributed by atoms with Crippen LogP contribution in [0.25, 0.3) is 22.7 Å². The van der Waals surface area contributed by atoms with Gasteiger partial charge in [0.15, 0.2) is 5.82 Å². The molecule has 4 rings (SSSR count). The predicted octanol–water partition coefficient (Wildman–Crippen LogP) is 2.94. The number of H-pyrrole nitrogens is 1. The van der Waals surface area contributed by atoms with Crippen molar-refractivity contribution < 1.29 is 9.26 Å². The molecule has 3 aromatic rings. The van der Waals surface area contributed by atoms with Crippen molar-refractivity contribution in [3.63, 3.8) is 0 Å². The summed E-state index contributed by atoms with van der Waals surface area (Å²) in [6, 6.07) is 8.21. The van der Waals surface area contributed by atoms with Gasteiger partial charge in [-0.1, -0.05) is 28.9 Å². The zero-order valence-corrected chi connectivity index (χ0v) is 12.2. The molecule has 22 heavy (non-hydrogen) atoms. The van der Waals surface area contributed by atoms with Crippen molar-refractivity contribution in [2.45, 2.75) is 19.3 Å². The van der Waals surface area contributed by atoms with E-state index in [2.05, 4.69) is 39.4 Å². The minimum atomic E-state index is 0.229. The quantitative estimate of drug-likeness (QED) is 0.804. The van der Waals surface area contributed by atoms with Crippen LogP contribution in [0.1, 0.15) is 23.7 Å². The van der Waals surface area contributed by atoms with Gasteiger partial charge < -0.3 is 9.26 Å². The molecule has 1 saturated heterocycles. The van der Waals surface area contributed by atoms with Crippen LogP contribution in [0, 0.1) is 6.92 Å². The Morgan fingerprint density at radius 3 is 3.09 bits per heavy atom. The molecule has 1 aliphatic rings. The Bertz CT molecular complexity index is 787. The van der Waals surface area contributed by atoms with E-state index in [1.165, 1.54) is 5.56 Å². The molecule has 1 unspecified atom stereocenters. The molecule has 0 bridgehead atoms. The molecule has 1 N–H and O–H groups in total. The van der Waals surface area contributed by atoms with Crippen LogP contribution in [0.2, 0.25) is 0 Å². The van der Waals surface area contributed by atoms with E-state index in [9.17, 15) is 0 Å². The van der Waals surface area contributed by atoms with Crippen molar-refractivity contribution in [1.82, 2.24) is 20.3 Å². The molecule has 0 radical (unpaired) electrons. The third-order valence-corrected chi connectivity index (χ3v) is 3.91. The van der Waals surface area contributed by atoms with Gasteiger partial charge in [0.2, 0.25) is 0 Å². The summed E-state index contributed by atoms with van der Waals surface area (Å²) in [5.41, 5.74) is 3.95. The minimum Gasteiger partial charge on any atom is -0.381 e. The highest BCUT2D eigenvalue weighted by Gasteiger charge is 2.24. The summed E-state index contributed by atoms with van der Waals surface area (Å²) in [7, 11) is 0. The number of aromatic amines is 1.